The third kappa shape index (κ3) is 8.78. The zero-order valence-electron chi connectivity index (χ0n) is 15.1. The van der Waals surface area contributed by atoms with Crippen molar-refractivity contribution >= 4 is 5.97 Å². The topological polar surface area (TPSA) is 26.3 Å². The second-order valence-electron chi connectivity index (χ2n) is 6.92. The van der Waals surface area contributed by atoms with Gasteiger partial charge in [-0.2, -0.15) is 0 Å². The third-order valence-corrected chi connectivity index (χ3v) is 4.26. The van der Waals surface area contributed by atoms with E-state index in [-0.39, 0.29) is 5.97 Å². The minimum Gasteiger partial charge on any atom is -0.469 e. The van der Waals surface area contributed by atoms with Gasteiger partial charge in [-0.05, 0) is 49.1 Å². The molecule has 1 aromatic carbocycles. The van der Waals surface area contributed by atoms with Gasteiger partial charge in [0.15, 0.2) is 0 Å². The summed E-state index contributed by atoms with van der Waals surface area (Å²) >= 11 is 0. The average Bonchev–Trinajstić information content (AvgIpc) is 2.53. The molecule has 1 atom stereocenters. The van der Waals surface area contributed by atoms with Crippen LogP contribution in [0.2, 0.25) is 0 Å². The van der Waals surface area contributed by atoms with Gasteiger partial charge >= 0.3 is 5.97 Å². The van der Waals surface area contributed by atoms with Gasteiger partial charge in [-0.15, -0.1) is 0 Å². The van der Waals surface area contributed by atoms with Crippen LogP contribution in [-0.4, -0.2) is 13.1 Å². The van der Waals surface area contributed by atoms with E-state index in [4.69, 9.17) is 0 Å². The monoisotopic (exact) mass is 317 g/mol. The van der Waals surface area contributed by atoms with E-state index in [1.807, 2.05) is 0 Å². The smallest absolute Gasteiger partial charge is 0.305 e. The van der Waals surface area contributed by atoms with Gasteiger partial charge in [0.1, 0.15) is 0 Å². The summed E-state index contributed by atoms with van der Waals surface area (Å²) in [5.41, 5.74) is 2.77. The van der Waals surface area contributed by atoms with Crippen LogP contribution >= 0.6 is 0 Å². The summed E-state index contributed by atoms with van der Waals surface area (Å²) in [5.74, 6) is 0.998. The first-order valence-electron chi connectivity index (χ1n) is 9.01. The van der Waals surface area contributed by atoms with Crippen molar-refractivity contribution in [3.8, 4) is 0 Å². The van der Waals surface area contributed by atoms with Crippen molar-refractivity contribution in [2.24, 2.45) is 5.92 Å². The number of hydrogen-bond donors (Lipinski definition) is 0. The molecule has 2 nitrogen and oxygen atoms in total. The molecular formula is C21H33O2. The SMILES string of the molecule is [CH2]C(CCCCCCCC(=O)OC)c1ccc(CC(C)C)cc1. The number of unbranched alkanes of at least 4 members (excludes halogenated alkanes) is 4. The van der Waals surface area contributed by atoms with Crippen molar-refractivity contribution in [1.82, 2.24) is 0 Å². The van der Waals surface area contributed by atoms with Crippen molar-refractivity contribution in [1.29, 1.82) is 0 Å². The number of methoxy groups -OCH3 is 1. The van der Waals surface area contributed by atoms with E-state index in [2.05, 4.69) is 49.8 Å². The van der Waals surface area contributed by atoms with Crippen LogP contribution in [0.3, 0.4) is 0 Å². The first kappa shape index (κ1) is 19.7. The lowest BCUT2D eigenvalue weighted by Gasteiger charge is -2.13. The van der Waals surface area contributed by atoms with Gasteiger partial charge in [0.25, 0.3) is 0 Å². The van der Waals surface area contributed by atoms with Crippen LogP contribution in [-0.2, 0) is 16.0 Å². The third-order valence-electron chi connectivity index (χ3n) is 4.26. The zero-order valence-corrected chi connectivity index (χ0v) is 15.1. The highest BCUT2D eigenvalue weighted by Crippen LogP contribution is 2.23. The van der Waals surface area contributed by atoms with Gasteiger partial charge in [0.2, 0.25) is 0 Å². The molecule has 2 heteroatoms. The van der Waals surface area contributed by atoms with Gasteiger partial charge in [-0.3, -0.25) is 4.79 Å². The number of esters is 1. The van der Waals surface area contributed by atoms with Crippen LogP contribution in [0.25, 0.3) is 0 Å². The molecule has 0 aliphatic rings. The molecule has 129 valence electrons. The fraction of sp³-hybridized carbons (Fsp3) is 0.619. The fourth-order valence-electron chi connectivity index (χ4n) is 2.86. The minimum absolute atomic E-state index is 0.0938. The molecule has 0 aliphatic heterocycles. The Hall–Kier alpha value is -1.31. The van der Waals surface area contributed by atoms with Crippen molar-refractivity contribution in [3.05, 3.63) is 42.3 Å². The number of ether oxygens (including phenoxy) is 1. The number of carbonyl (C=O) groups is 1. The molecule has 23 heavy (non-hydrogen) atoms. The molecule has 0 spiro atoms. The van der Waals surface area contributed by atoms with Gasteiger partial charge in [0.05, 0.1) is 7.11 Å². The number of rotatable bonds is 11. The maximum Gasteiger partial charge on any atom is 0.305 e. The molecule has 0 saturated carbocycles. The Morgan fingerprint density at radius 2 is 1.65 bits per heavy atom. The highest BCUT2D eigenvalue weighted by molar-refractivity contribution is 5.68. The van der Waals surface area contributed by atoms with E-state index >= 15 is 0 Å². The van der Waals surface area contributed by atoms with Gasteiger partial charge in [0, 0.05) is 6.42 Å². The molecule has 1 radical (unpaired) electrons. The lowest BCUT2D eigenvalue weighted by atomic mass is 9.93. The highest BCUT2D eigenvalue weighted by atomic mass is 16.5. The van der Waals surface area contributed by atoms with Crippen molar-refractivity contribution in [2.75, 3.05) is 7.11 Å². The summed E-state index contributed by atoms with van der Waals surface area (Å²) in [6.07, 6.45) is 8.51. The summed E-state index contributed by atoms with van der Waals surface area (Å²) in [6.45, 7) is 8.81. The molecule has 0 amide bonds. The first-order valence-corrected chi connectivity index (χ1v) is 9.01. The number of benzene rings is 1. The van der Waals surface area contributed by atoms with Crippen molar-refractivity contribution in [3.63, 3.8) is 0 Å². The van der Waals surface area contributed by atoms with Gasteiger partial charge in [-0.1, -0.05) is 63.8 Å². The number of carbonyl (C=O) groups excluding carboxylic acids is 1. The van der Waals surface area contributed by atoms with Crippen LogP contribution in [0, 0.1) is 12.8 Å². The summed E-state index contributed by atoms with van der Waals surface area (Å²) in [4.78, 5) is 11.0. The van der Waals surface area contributed by atoms with E-state index < -0.39 is 0 Å². The summed E-state index contributed by atoms with van der Waals surface area (Å²) in [7, 11) is 1.45. The predicted molar refractivity (Wildman–Crippen MR) is 97.4 cm³/mol. The Bertz CT molecular complexity index is 434. The Morgan fingerprint density at radius 3 is 2.26 bits per heavy atom. The summed E-state index contributed by atoms with van der Waals surface area (Å²) < 4.78 is 4.64. The predicted octanol–water partition coefficient (Wildman–Crippen LogP) is 5.71. The van der Waals surface area contributed by atoms with Crippen LogP contribution in [0.5, 0.6) is 0 Å². The normalized spacial score (nSPS) is 12.4. The molecule has 0 bridgehead atoms. The molecule has 0 fully saturated rings. The maximum absolute atomic E-state index is 11.0. The van der Waals surface area contributed by atoms with E-state index in [0.29, 0.717) is 18.3 Å². The van der Waals surface area contributed by atoms with E-state index in [9.17, 15) is 4.79 Å². The average molecular weight is 317 g/mol. The molecule has 0 heterocycles. The van der Waals surface area contributed by atoms with Crippen LogP contribution in [0.15, 0.2) is 24.3 Å². The van der Waals surface area contributed by atoms with Crippen LogP contribution in [0.4, 0.5) is 0 Å². The fourth-order valence-corrected chi connectivity index (χ4v) is 2.86. The zero-order chi connectivity index (χ0) is 17.1. The van der Waals surface area contributed by atoms with Crippen molar-refractivity contribution < 1.29 is 9.53 Å². The maximum atomic E-state index is 11.0. The Morgan fingerprint density at radius 1 is 1.04 bits per heavy atom. The molecule has 1 rings (SSSR count). The van der Waals surface area contributed by atoms with Gasteiger partial charge in [-0.25, -0.2) is 0 Å². The number of hydrogen-bond acceptors (Lipinski definition) is 2. The first-order chi connectivity index (χ1) is 11.0. The van der Waals surface area contributed by atoms with E-state index in [0.717, 1.165) is 25.7 Å². The minimum atomic E-state index is -0.0938. The lowest BCUT2D eigenvalue weighted by molar-refractivity contribution is -0.140. The van der Waals surface area contributed by atoms with Crippen LogP contribution < -0.4 is 0 Å². The summed E-state index contributed by atoms with van der Waals surface area (Å²) in [6, 6.07) is 8.98. The Kier molecular flexibility index (Phi) is 9.66. The van der Waals surface area contributed by atoms with Crippen molar-refractivity contribution in [2.45, 2.75) is 71.1 Å². The summed E-state index contributed by atoms with van der Waals surface area (Å²) in [5, 5.41) is 0. The van der Waals surface area contributed by atoms with Crippen LogP contribution in [0.1, 0.15) is 75.8 Å². The molecule has 0 aliphatic carbocycles. The molecule has 0 N–H and O–H groups in total. The standard InChI is InChI=1S/C21H33O2/c1-17(2)16-19-12-14-20(15-13-19)18(3)10-8-6-5-7-9-11-21(22)23-4/h12-15,17-18H,3,5-11,16H2,1-2,4H3. The molecule has 1 aromatic rings. The van der Waals surface area contributed by atoms with E-state index in [1.54, 1.807) is 0 Å². The largest absolute Gasteiger partial charge is 0.469 e. The molecular weight excluding hydrogens is 284 g/mol. The second-order valence-corrected chi connectivity index (χ2v) is 6.92. The molecule has 0 saturated heterocycles. The Labute approximate surface area is 142 Å². The highest BCUT2D eigenvalue weighted by Gasteiger charge is 2.06. The molecule has 0 aromatic heterocycles. The lowest BCUT2D eigenvalue weighted by Crippen LogP contribution is -1.99. The van der Waals surface area contributed by atoms with Gasteiger partial charge < -0.3 is 4.74 Å². The van der Waals surface area contributed by atoms with E-state index in [1.165, 1.54) is 37.5 Å². The molecule has 1 unspecified atom stereocenters. The Balaban J connectivity index is 2.16. The quantitative estimate of drug-likeness (QED) is 0.386. The second kappa shape index (κ2) is 11.3.